The van der Waals surface area contributed by atoms with Crippen molar-refractivity contribution in [1.82, 2.24) is 4.90 Å². The molecule has 1 fully saturated rings. The summed E-state index contributed by atoms with van der Waals surface area (Å²) in [4.78, 5) is 27.0. The number of carbonyl (C=O) groups is 1. The Hall–Kier alpha value is -2.31. The van der Waals surface area contributed by atoms with E-state index in [1.54, 1.807) is 4.90 Å². The molecule has 2 aromatic carbocycles. The molecule has 2 aromatic rings. The first-order valence-electron chi connectivity index (χ1n) is 7.69. The Labute approximate surface area is 154 Å². The molecule has 0 aliphatic carbocycles. The molecule has 0 aromatic heterocycles. The third-order valence-electron chi connectivity index (χ3n) is 4.13. The predicted molar refractivity (Wildman–Crippen MR) is 97.7 cm³/mol. The van der Waals surface area contributed by atoms with Gasteiger partial charge in [0, 0.05) is 48.0 Å². The molecule has 1 aliphatic rings. The number of nitro groups is 1. The quantitative estimate of drug-likeness (QED) is 0.599. The van der Waals surface area contributed by atoms with E-state index in [0.717, 1.165) is 5.69 Å². The standard InChI is InChI=1S/C17H15Cl2N3O3/c18-12-2-1-3-14(10-12)20-6-8-21(9-7-20)17(23)15-5-4-13(19)11-16(15)22(24)25/h1-5,10-11H,6-9H2. The van der Waals surface area contributed by atoms with E-state index in [0.29, 0.717) is 31.2 Å². The third-order valence-corrected chi connectivity index (χ3v) is 4.60. The van der Waals surface area contributed by atoms with Crippen LogP contribution >= 0.6 is 23.2 Å². The molecule has 8 heteroatoms. The van der Waals surface area contributed by atoms with Gasteiger partial charge < -0.3 is 9.80 Å². The number of halogens is 2. The van der Waals surface area contributed by atoms with Crippen LogP contribution in [0.25, 0.3) is 0 Å². The van der Waals surface area contributed by atoms with Crippen LogP contribution in [0.3, 0.4) is 0 Å². The number of hydrogen-bond donors (Lipinski definition) is 0. The average molecular weight is 380 g/mol. The molecular weight excluding hydrogens is 365 g/mol. The van der Waals surface area contributed by atoms with E-state index in [1.165, 1.54) is 18.2 Å². The maximum Gasteiger partial charge on any atom is 0.283 e. The van der Waals surface area contributed by atoms with Crippen molar-refractivity contribution in [1.29, 1.82) is 0 Å². The monoisotopic (exact) mass is 379 g/mol. The Kier molecular flexibility index (Phi) is 5.11. The molecule has 1 amide bonds. The van der Waals surface area contributed by atoms with Crippen LogP contribution in [0.4, 0.5) is 11.4 Å². The Balaban J connectivity index is 1.73. The maximum atomic E-state index is 12.7. The van der Waals surface area contributed by atoms with E-state index < -0.39 is 4.92 Å². The van der Waals surface area contributed by atoms with Gasteiger partial charge in [-0.1, -0.05) is 29.3 Å². The minimum atomic E-state index is -0.582. The van der Waals surface area contributed by atoms with Crippen molar-refractivity contribution in [2.24, 2.45) is 0 Å². The average Bonchev–Trinajstić information content (AvgIpc) is 2.61. The summed E-state index contributed by atoms with van der Waals surface area (Å²) in [5.41, 5.74) is 0.789. The summed E-state index contributed by atoms with van der Waals surface area (Å²) in [6.45, 7) is 2.22. The van der Waals surface area contributed by atoms with Gasteiger partial charge in [-0.25, -0.2) is 0 Å². The second-order valence-corrected chi connectivity index (χ2v) is 6.55. The highest BCUT2D eigenvalue weighted by atomic mass is 35.5. The van der Waals surface area contributed by atoms with E-state index in [1.807, 2.05) is 24.3 Å². The van der Waals surface area contributed by atoms with Gasteiger partial charge >= 0.3 is 0 Å². The topological polar surface area (TPSA) is 66.7 Å². The zero-order chi connectivity index (χ0) is 18.0. The molecule has 1 aliphatic heterocycles. The summed E-state index contributed by atoms with van der Waals surface area (Å²) in [6, 6.07) is 11.6. The van der Waals surface area contributed by atoms with Crippen molar-refractivity contribution in [2.45, 2.75) is 0 Å². The number of benzene rings is 2. The van der Waals surface area contributed by atoms with Crippen molar-refractivity contribution in [3.63, 3.8) is 0 Å². The van der Waals surface area contributed by atoms with Gasteiger partial charge in [-0.3, -0.25) is 14.9 Å². The number of amides is 1. The van der Waals surface area contributed by atoms with Crippen LogP contribution < -0.4 is 4.90 Å². The minimum Gasteiger partial charge on any atom is -0.368 e. The zero-order valence-corrected chi connectivity index (χ0v) is 14.7. The van der Waals surface area contributed by atoms with Crippen molar-refractivity contribution >= 4 is 40.5 Å². The minimum absolute atomic E-state index is 0.0607. The van der Waals surface area contributed by atoms with Crippen molar-refractivity contribution < 1.29 is 9.72 Å². The lowest BCUT2D eigenvalue weighted by Gasteiger charge is -2.36. The Morgan fingerprint density at radius 3 is 2.32 bits per heavy atom. The van der Waals surface area contributed by atoms with Crippen molar-refractivity contribution in [2.75, 3.05) is 31.1 Å². The molecule has 0 spiro atoms. The number of anilines is 1. The van der Waals surface area contributed by atoms with Crippen LogP contribution in [0.1, 0.15) is 10.4 Å². The van der Waals surface area contributed by atoms with Gasteiger partial charge in [0.25, 0.3) is 11.6 Å². The second-order valence-electron chi connectivity index (χ2n) is 5.68. The van der Waals surface area contributed by atoms with E-state index in [-0.39, 0.29) is 22.2 Å². The zero-order valence-electron chi connectivity index (χ0n) is 13.2. The number of rotatable bonds is 3. The number of piperazine rings is 1. The molecule has 25 heavy (non-hydrogen) atoms. The molecule has 0 radical (unpaired) electrons. The Morgan fingerprint density at radius 2 is 1.68 bits per heavy atom. The first kappa shape index (κ1) is 17.5. The predicted octanol–water partition coefficient (Wildman–Crippen LogP) is 3.86. The van der Waals surface area contributed by atoms with Crippen LogP contribution in [0, 0.1) is 10.1 Å². The summed E-state index contributed by atoms with van der Waals surface area (Å²) >= 11 is 11.8. The summed E-state index contributed by atoms with van der Waals surface area (Å²) in [7, 11) is 0. The van der Waals surface area contributed by atoms with Gasteiger partial charge in [0.2, 0.25) is 0 Å². The second kappa shape index (κ2) is 7.29. The van der Waals surface area contributed by atoms with E-state index in [4.69, 9.17) is 23.2 Å². The first-order chi connectivity index (χ1) is 12.0. The fourth-order valence-corrected chi connectivity index (χ4v) is 3.20. The van der Waals surface area contributed by atoms with Gasteiger partial charge in [0.15, 0.2) is 0 Å². The summed E-state index contributed by atoms with van der Waals surface area (Å²) in [6.07, 6.45) is 0. The molecule has 0 atom stereocenters. The molecule has 130 valence electrons. The van der Waals surface area contributed by atoms with Gasteiger partial charge in [-0.2, -0.15) is 0 Å². The Bertz CT molecular complexity index is 821. The fraction of sp³-hybridized carbons (Fsp3) is 0.235. The molecule has 6 nitrogen and oxygen atoms in total. The highest BCUT2D eigenvalue weighted by molar-refractivity contribution is 6.31. The van der Waals surface area contributed by atoms with Gasteiger partial charge in [-0.05, 0) is 30.3 Å². The molecule has 1 saturated heterocycles. The molecule has 0 bridgehead atoms. The molecule has 1 heterocycles. The maximum absolute atomic E-state index is 12.7. The largest absolute Gasteiger partial charge is 0.368 e. The number of nitro benzene ring substituents is 1. The third kappa shape index (κ3) is 3.86. The van der Waals surface area contributed by atoms with Crippen molar-refractivity contribution in [3.8, 4) is 0 Å². The van der Waals surface area contributed by atoms with Crippen LogP contribution in [-0.2, 0) is 0 Å². The van der Waals surface area contributed by atoms with Gasteiger partial charge in [0.1, 0.15) is 5.56 Å². The Morgan fingerprint density at radius 1 is 1.00 bits per heavy atom. The van der Waals surface area contributed by atoms with Crippen LogP contribution in [0.5, 0.6) is 0 Å². The highest BCUT2D eigenvalue weighted by Gasteiger charge is 2.27. The molecule has 3 rings (SSSR count). The van der Waals surface area contributed by atoms with Gasteiger partial charge in [-0.15, -0.1) is 0 Å². The fourth-order valence-electron chi connectivity index (χ4n) is 2.85. The van der Waals surface area contributed by atoms with Crippen LogP contribution in [0.2, 0.25) is 10.0 Å². The normalized spacial score (nSPS) is 14.5. The lowest BCUT2D eigenvalue weighted by atomic mass is 10.1. The van der Waals surface area contributed by atoms with E-state index in [9.17, 15) is 14.9 Å². The number of carbonyl (C=O) groups excluding carboxylic acids is 1. The summed E-state index contributed by atoms with van der Waals surface area (Å²) in [5.74, 6) is -0.353. The number of nitrogens with zero attached hydrogens (tertiary/aromatic N) is 3. The molecular formula is C17H15Cl2N3O3. The lowest BCUT2D eigenvalue weighted by molar-refractivity contribution is -0.385. The summed E-state index contributed by atoms with van der Waals surface area (Å²) < 4.78 is 0. The lowest BCUT2D eigenvalue weighted by Crippen LogP contribution is -2.48. The number of hydrogen-bond acceptors (Lipinski definition) is 4. The molecule has 0 N–H and O–H groups in total. The molecule has 0 unspecified atom stereocenters. The summed E-state index contributed by atoms with van der Waals surface area (Å²) in [5, 5.41) is 12.1. The smallest absolute Gasteiger partial charge is 0.283 e. The van der Waals surface area contributed by atoms with E-state index >= 15 is 0 Å². The van der Waals surface area contributed by atoms with E-state index in [2.05, 4.69) is 4.90 Å². The SMILES string of the molecule is O=C(c1ccc(Cl)cc1[N+](=O)[O-])N1CCN(c2cccc(Cl)c2)CC1. The van der Waals surface area contributed by atoms with Crippen LogP contribution in [0.15, 0.2) is 42.5 Å². The van der Waals surface area contributed by atoms with Crippen molar-refractivity contribution in [3.05, 3.63) is 68.2 Å². The van der Waals surface area contributed by atoms with Gasteiger partial charge in [0.05, 0.1) is 4.92 Å². The highest BCUT2D eigenvalue weighted by Crippen LogP contribution is 2.26. The molecule has 0 saturated carbocycles. The van der Waals surface area contributed by atoms with Crippen LogP contribution in [-0.4, -0.2) is 41.9 Å². The first-order valence-corrected chi connectivity index (χ1v) is 8.45.